The molecule has 1 saturated heterocycles. The molecular formula is C19H27N3O5. The Morgan fingerprint density at radius 2 is 1.81 bits per heavy atom. The number of likely N-dealkylation sites (tertiary alicyclic amines) is 1. The maximum Gasteiger partial charge on any atom is 0.412 e. The number of methoxy groups -OCH3 is 1. The molecule has 0 unspecified atom stereocenters. The van der Waals surface area contributed by atoms with Gasteiger partial charge >= 0.3 is 12.2 Å². The lowest BCUT2D eigenvalue weighted by molar-refractivity contribution is 0.0635. The second-order valence-electron chi connectivity index (χ2n) is 7.41. The highest BCUT2D eigenvalue weighted by molar-refractivity contribution is 5.96. The first-order valence-electron chi connectivity index (χ1n) is 8.92. The molecular weight excluding hydrogens is 350 g/mol. The van der Waals surface area contributed by atoms with Gasteiger partial charge in [-0.2, -0.15) is 0 Å². The molecule has 1 aromatic carbocycles. The third kappa shape index (κ3) is 6.47. The maximum atomic E-state index is 12.5. The van der Waals surface area contributed by atoms with Gasteiger partial charge in [-0.25, -0.2) is 9.59 Å². The summed E-state index contributed by atoms with van der Waals surface area (Å²) in [6.07, 6.45) is 0.406. The second kappa shape index (κ2) is 8.75. The number of hydrogen-bond acceptors (Lipinski definition) is 5. The van der Waals surface area contributed by atoms with Gasteiger partial charge in [0.2, 0.25) is 0 Å². The van der Waals surface area contributed by atoms with Crippen molar-refractivity contribution >= 4 is 23.8 Å². The van der Waals surface area contributed by atoms with Gasteiger partial charge in [0, 0.05) is 30.4 Å². The second-order valence-corrected chi connectivity index (χ2v) is 7.41. The van der Waals surface area contributed by atoms with E-state index in [1.54, 1.807) is 49.9 Å². The average molecular weight is 377 g/mol. The molecule has 1 heterocycles. The van der Waals surface area contributed by atoms with Crippen LogP contribution in [0, 0.1) is 0 Å². The molecule has 0 aliphatic carbocycles. The monoisotopic (exact) mass is 377 g/mol. The van der Waals surface area contributed by atoms with Gasteiger partial charge in [0.15, 0.2) is 0 Å². The molecule has 2 N–H and O–H groups in total. The minimum Gasteiger partial charge on any atom is -0.453 e. The zero-order chi connectivity index (χ0) is 20.0. The van der Waals surface area contributed by atoms with Gasteiger partial charge in [0.05, 0.1) is 7.11 Å². The Bertz CT molecular complexity index is 691. The van der Waals surface area contributed by atoms with Crippen LogP contribution in [0.25, 0.3) is 0 Å². The van der Waals surface area contributed by atoms with Crippen molar-refractivity contribution in [3.05, 3.63) is 29.8 Å². The van der Waals surface area contributed by atoms with Gasteiger partial charge in [-0.3, -0.25) is 10.1 Å². The van der Waals surface area contributed by atoms with Gasteiger partial charge < -0.3 is 19.7 Å². The summed E-state index contributed by atoms with van der Waals surface area (Å²) in [4.78, 5) is 37.5. The van der Waals surface area contributed by atoms with Gasteiger partial charge in [0.1, 0.15) is 5.60 Å². The van der Waals surface area contributed by atoms with Crippen molar-refractivity contribution in [2.24, 2.45) is 0 Å². The van der Waals surface area contributed by atoms with E-state index in [0.717, 1.165) is 0 Å². The van der Waals surface area contributed by atoms with E-state index in [0.29, 0.717) is 37.2 Å². The number of rotatable bonds is 3. The van der Waals surface area contributed by atoms with Gasteiger partial charge in [-0.05, 0) is 51.8 Å². The average Bonchev–Trinajstić information content (AvgIpc) is 2.60. The van der Waals surface area contributed by atoms with Crippen LogP contribution in [-0.2, 0) is 9.47 Å². The first-order chi connectivity index (χ1) is 12.7. The first kappa shape index (κ1) is 20.5. The molecule has 8 nitrogen and oxygen atoms in total. The van der Waals surface area contributed by atoms with Crippen molar-refractivity contribution < 1.29 is 23.9 Å². The number of nitrogens with zero attached hydrogens (tertiary/aromatic N) is 1. The van der Waals surface area contributed by atoms with Gasteiger partial charge in [-0.1, -0.05) is 6.07 Å². The molecule has 8 heteroatoms. The summed E-state index contributed by atoms with van der Waals surface area (Å²) >= 11 is 0. The number of ether oxygens (including phenoxy) is 2. The van der Waals surface area contributed by atoms with Crippen LogP contribution < -0.4 is 10.6 Å². The van der Waals surface area contributed by atoms with E-state index >= 15 is 0 Å². The third-order valence-electron chi connectivity index (χ3n) is 4.03. The number of carbonyl (C=O) groups is 3. The minimum atomic E-state index is -0.599. The summed E-state index contributed by atoms with van der Waals surface area (Å²) in [5.41, 5.74) is 0.328. The highest BCUT2D eigenvalue weighted by Crippen LogP contribution is 2.16. The largest absolute Gasteiger partial charge is 0.453 e. The SMILES string of the molecule is COC(=O)N1CCC(NC(=O)c2cccc(NC(=O)OC(C)(C)C)c2)CC1. The van der Waals surface area contributed by atoms with E-state index in [9.17, 15) is 14.4 Å². The Balaban J connectivity index is 1.90. The van der Waals surface area contributed by atoms with E-state index in [1.807, 2.05) is 0 Å². The Morgan fingerprint density at radius 3 is 2.41 bits per heavy atom. The summed E-state index contributed by atoms with van der Waals surface area (Å²) in [6, 6.07) is 6.65. The number of hydrogen-bond donors (Lipinski definition) is 2. The van der Waals surface area contributed by atoms with E-state index in [4.69, 9.17) is 9.47 Å². The molecule has 27 heavy (non-hydrogen) atoms. The standard InChI is InChI=1S/C19H27N3O5/c1-19(2,3)27-17(24)21-15-7-5-6-13(12-15)16(23)20-14-8-10-22(11-9-14)18(25)26-4/h5-7,12,14H,8-11H2,1-4H3,(H,20,23)(H,21,24). The number of nitrogens with one attached hydrogen (secondary N) is 2. The van der Waals surface area contributed by atoms with Gasteiger partial charge in [0.25, 0.3) is 5.91 Å². The number of amides is 3. The first-order valence-corrected chi connectivity index (χ1v) is 8.92. The number of carbonyl (C=O) groups excluding carboxylic acids is 3. The molecule has 0 aromatic heterocycles. The maximum absolute atomic E-state index is 12.5. The highest BCUT2D eigenvalue weighted by Gasteiger charge is 2.24. The lowest BCUT2D eigenvalue weighted by atomic mass is 10.0. The van der Waals surface area contributed by atoms with E-state index in [2.05, 4.69) is 10.6 Å². The van der Waals surface area contributed by atoms with Crippen molar-refractivity contribution in [3.8, 4) is 0 Å². The Kier molecular flexibility index (Phi) is 6.65. The minimum absolute atomic E-state index is 0.0131. The zero-order valence-corrected chi connectivity index (χ0v) is 16.2. The number of benzene rings is 1. The van der Waals surface area contributed by atoms with E-state index in [1.165, 1.54) is 7.11 Å². The lowest BCUT2D eigenvalue weighted by Gasteiger charge is -2.31. The van der Waals surface area contributed by atoms with Crippen LogP contribution in [0.5, 0.6) is 0 Å². The molecule has 1 aliphatic rings. The van der Waals surface area contributed by atoms with Crippen molar-refractivity contribution in [2.75, 3.05) is 25.5 Å². The Hall–Kier alpha value is -2.77. The van der Waals surface area contributed by atoms with Crippen molar-refractivity contribution in [2.45, 2.75) is 45.3 Å². The van der Waals surface area contributed by atoms with E-state index < -0.39 is 11.7 Å². The van der Waals surface area contributed by atoms with Crippen LogP contribution >= 0.6 is 0 Å². The van der Waals surface area contributed by atoms with Crippen LogP contribution in [0.15, 0.2) is 24.3 Å². The predicted octanol–water partition coefficient (Wildman–Crippen LogP) is 2.99. The highest BCUT2D eigenvalue weighted by atomic mass is 16.6. The quantitative estimate of drug-likeness (QED) is 0.844. The summed E-state index contributed by atoms with van der Waals surface area (Å²) in [6.45, 7) is 6.42. The molecule has 2 rings (SSSR count). The molecule has 0 saturated carbocycles. The number of anilines is 1. The molecule has 1 fully saturated rings. The molecule has 3 amide bonds. The third-order valence-corrected chi connectivity index (χ3v) is 4.03. The predicted molar refractivity (Wildman–Crippen MR) is 101 cm³/mol. The molecule has 1 aliphatic heterocycles. The fourth-order valence-corrected chi connectivity index (χ4v) is 2.76. The van der Waals surface area contributed by atoms with Crippen LogP contribution in [-0.4, -0.2) is 54.8 Å². The summed E-state index contributed by atoms with van der Waals surface area (Å²) in [5, 5.41) is 5.59. The molecule has 148 valence electrons. The van der Waals surface area contributed by atoms with Crippen LogP contribution in [0.1, 0.15) is 44.0 Å². The topological polar surface area (TPSA) is 97.0 Å². The molecule has 1 aromatic rings. The fraction of sp³-hybridized carbons (Fsp3) is 0.526. The zero-order valence-electron chi connectivity index (χ0n) is 16.2. The molecule has 0 atom stereocenters. The molecule has 0 spiro atoms. The Labute approximate surface area is 159 Å². The summed E-state index contributed by atoms with van der Waals surface area (Å²) in [5.74, 6) is -0.223. The molecule has 0 radical (unpaired) electrons. The van der Waals surface area contributed by atoms with Crippen LogP contribution in [0.3, 0.4) is 0 Å². The lowest BCUT2D eigenvalue weighted by Crippen LogP contribution is -2.46. The fourth-order valence-electron chi connectivity index (χ4n) is 2.76. The van der Waals surface area contributed by atoms with Crippen molar-refractivity contribution in [1.29, 1.82) is 0 Å². The normalized spacial score (nSPS) is 15.0. The summed E-state index contributed by atoms with van der Waals surface area (Å²) in [7, 11) is 1.36. The van der Waals surface area contributed by atoms with Crippen molar-refractivity contribution in [3.63, 3.8) is 0 Å². The van der Waals surface area contributed by atoms with Crippen LogP contribution in [0.2, 0.25) is 0 Å². The Morgan fingerprint density at radius 1 is 1.15 bits per heavy atom. The smallest absolute Gasteiger partial charge is 0.412 e. The van der Waals surface area contributed by atoms with Crippen molar-refractivity contribution in [1.82, 2.24) is 10.2 Å². The summed E-state index contributed by atoms with van der Waals surface area (Å²) < 4.78 is 9.91. The van der Waals surface area contributed by atoms with Gasteiger partial charge in [-0.15, -0.1) is 0 Å². The van der Waals surface area contributed by atoms with E-state index in [-0.39, 0.29) is 18.0 Å². The number of piperidine rings is 1. The molecule has 0 bridgehead atoms. The van der Waals surface area contributed by atoms with Crippen LogP contribution in [0.4, 0.5) is 15.3 Å².